The first-order valence-corrected chi connectivity index (χ1v) is 8.82. The van der Waals surface area contributed by atoms with Crippen molar-refractivity contribution in [1.82, 2.24) is 10.2 Å². The number of rotatable bonds is 4. The molecule has 1 aromatic carbocycles. The number of carbonyl (C=O) groups is 2. The van der Waals surface area contributed by atoms with Crippen LogP contribution in [-0.2, 0) is 9.53 Å². The number of anilines is 1. The summed E-state index contributed by atoms with van der Waals surface area (Å²) in [6.07, 6.45) is 3.35. The van der Waals surface area contributed by atoms with E-state index in [-0.39, 0.29) is 24.0 Å². The van der Waals surface area contributed by atoms with Crippen molar-refractivity contribution < 1.29 is 18.7 Å². The molecule has 0 aromatic heterocycles. The molecule has 2 atom stereocenters. The molecule has 2 heterocycles. The van der Waals surface area contributed by atoms with Gasteiger partial charge in [-0.2, -0.15) is 0 Å². The van der Waals surface area contributed by atoms with E-state index in [4.69, 9.17) is 4.74 Å². The predicted molar refractivity (Wildman–Crippen MR) is 91.7 cm³/mol. The van der Waals surface area contributed by atoms with Crippen molar-refractivity contribution in [3.05, 3.63) is 30.1 Å². The van der Waals surface area contributed by atoms with Gasteiger partial charge in [-0.15, -0.1) is 0 Å². The molecule has 136 valence electrons. The summed E-state index contributed by atoms with van der Waals surface area (Å²) in [5.41, 5.74) is 0.413. The van der Waals surface area contributed by atoms with Gasteiger partial charge in [0.1, 0.15) is 11.9 Å². The summed E-state index contributed by atoms with van der Waals surface area (Å²) in [6.45, 7) is 2.54. The van der Waals surface area contributed by atoms with Crippen LogP contribution < -0.4 is 10.6 Å². The molecule has 3 rings (SSSR count). The Morgan fingerprint density at radius 3 is 2.92 bits per heavy atom. The number of urea groups is 1. The number of piperidine rings is 1. The Bertz CT molecular complexity index is 619. The number of nitrogens with zero attached hydrogens (tertiary/aromatic N) is 1. The fraction of sp³-hybridized carbons (Fsp3) is 0.556. The Morgan fingerprint density at radius 1 is 1.28 bits per heavy atom. The normalized spacial score (nSPS) is 23.3. The van der Waals surface area contributed by atoms with E-state index in [1.165, 1.54) is 12.1 Å². The monoisotopic (exact) mass is 349 g/mol. The Balaban J connectivity index is 1.44. The lowest BCUT2D eigenvalue weighted by molar-refractivity contribution is -0.142. The zero-order valence-electron chi connectivity index (χ0n) is 14.2. The molecule has 7 heteroatoms. The van der Waals surface area contributed by atoms with Gasteiger partial charge in [-0.3, -0.25) is 4.79 Å². The predicted octanol–water partition coefficient (Wildman–Crippen LogP) is 2.36. The Labute approximate surface area is 146 Å². The van der Waals surface area contributed by atoms with Gasteiger partial charge in [0.05, 0.1) is 0 Å². The molecule has 0 aliphatic carbocycles. The van der Waals surface area contributed by atoms with E-state index >= 15 is 0 Å². The number of halogens is 1. The van der Waals surface area contributed by atoms with Crippen LogP contribution in [0.25, 0.3) is 0 Å². The zero-order chi connectivity index (χ0) is 17.6. The maximum atomic E-state index is 13.1. The lowest BCUT2D eigenvalue weighted by atomic mass is 9.97. The van der Waals surface area contributed by atoms with Crippen molar-refractivity contribution in [3.63, 3.8) is 0 Å². The minimum Gasteiger partial charge on any atom is -0.368 e. The van der Waals surface area contributed by atoms with Crippen molar-refractivity contribution >= 4 is 17.6 Å². The first kappa shape index (κ1) is 17.7. The highest BCUT2D eigenvalue weighted by Gasteiger charge is 2.31. The summed E-state index contributed by atoms with van der Waals surface area (Å²) in [5.74, 6) is -0.0999. The number of hydrogen-bond acceptors (Lipinski definition) is 3. The van der Waals surface area contributed by atoms with Crippen molar-refractivity contribution in [1.29, 1.82) is 0 Å². The maximum Gasteiger partial charge on any atom is 0.319 e. The minimum atomic E-state index is -0.395. The second-order valence-electron chi connectivity index (χ2n) is 6.64. The topological polar surface area (TPSA) is 70.7 Å². The first-order chi connectivity index (χ1) is 12.1. The first-order valence-electron chi connectivity index (χ1n) is 8.82. The Morgan fingerprint density at radius 2 is 2.16 bits per heavy atom. The smallest absolute Gasteiger partial charge is 0.319 e. The number of likely N-dealkylation sites (tertiary alicyclic amines) is 1. The average Bonchev–Trinajstić information content (AvgIpc) is 3.14. The van der Waals surface area contributed by atoms with Crippen LogP contribution in [0.1, 0.15) is 25.7 Å². The van der Waals surface area contributed by atoms with Crippen LogP contribution in [0.2, 0.25) is 0 Å². The van der Waals surface area contributed by atoms with Crippen LogP contribution in [0, 0.1) is 11.7 Å². The van der Waals surface area contributed by atoms with Crippen LogP contribution in [0.3, 0.4) is 0 Å². The van der Waals surface area contributed by atoms with E-state index in [0.29, 0.717) is 25.4 Å². The molecule has 2 unspecified atom stereocenters. The molecule has 25 heavy (non-hydrogen) atoms. The van der Waals surface area contributed by atoms with E-state index in [0.717, 1.165) is 32.2 Å². The fourth-order valence-electron chi connectivity index (χ4n) is 3.39. The Kier molecular flexibility index (Phi) is 5.86. The highest BCUT2D eigenvalue weighted by molar-refractivity contribution is 5.89. The molecule has 6 nitrogen and oxygen atoms in total. The molecule has 2 fully saturated rings. The number of hydrogen-bond donors (Lipinski definition) is 2. The van der Waals surface area contributed by atoms with Gasteiger partial charge in [0.25, 0.3) is 5.91 Å². The van der Waals surface area contributed by atoms with Gasteiger partial charge in [0, 0.05) is 31.9 Å². The number of ether oxygens (including phenoxy) is 1. The molecule has 2 saturated heterocycles. The van der Waals surface area contributed by atoms with E-state index in [1.807, 2.05) is 4.90 Å². The molecule has 0 radical (unpaired) electrons. The quantitative estimate of drug-likeness (QED) is 0.877. The third-order valence-electron chi connectivity index (χ3n) is 4.67. The molecule has 0 bridgehead atoms. The van der Waals surface area contributed by atoms with Gasteiger partial charge in [-0.25, -0.2) is 9.18 Å². The molecule has 0 saturated carbocycles. The van der Waals surface area contributed by atoms with Crippen LogP contribution in [0.5, 0.6) is 0 Å². The van der Waals surface area contributed by atoms with E-state index in [9.17, 15) is 14.0 Å². The minimum absolute atomic E-state index is 0.0754. The highest BCUT2D eigenvalue weighted by Crippen LogP contribution is 2.21. The van der Waals surface area contributed by atoms with Crippen LogP contribution in [0.15, 0.2) is 24.3 Å². The molecule has 3 amide bonds. The van der Waals surface area contributed by atoms with Crippen molar-refractivity contribution in [2.75, 3.05) is 31.6 Å². The van der Waals surface area contributed by atoms with Crippen LogP contribution >= 0.6 is 0 Å². The second-order valence-corrected chi connectivity index (χ2v) is 6.64. The lowest BCUT2D eigenvalue weighted by Gasteiger charge is -2.34. The van der Waals surface area contributed by atoms with Crippen molar-refractivity contribution in [2.45, 2.75) is 31.8 Å². The van der Waals surface area contributed by atoms with Gasteiger partial charge in [0.15, 0.2) is 0 Å². The second kappa shape index (κ2) is 8.29. The summed E-state index contributed by atoms with van der Waals surface area (Å²) in [6, 6.07) is 5.40. The zero-order valence-corrected chi connectivity index (χ0v) is 14.2. The summed E-state index contributed by atoms with van der Waals surface area (Å²) < 4.78 is 18.6. The van der Waals surface area contributed by atoms with E-state index < -0.39 is 5.82 Å². The van der Waals surface area contributed by atoms with Gasteiger partial charge in [-0.1, -0.05) is 6.07 Å². The highest BCUT2D eigenvalue weighted by atomic mass is 19.1. The summed E-state index contributed by atoms with van der Waals surface area (Å²) in [4.78, 5) is 26.2. The van der Waals surface area contributed by atoms with E-state index in [1.54, 1.807) is 12.1 Å². The molecule has 2 N–H and O–H groups in total. The standard InChI is InChI=1S/C18H24FN3O3/c19-14-5-1-6-15(10-14)21-18(24)20-11-13-4-2-8-22(12-13)17(23)16-7-3-9-25-16/h1,5-6,10,13,16H,2-4,7-9,11-12H2,(H2,20,21,24). The molecular weight excluding hydrogens is 325 g/mol. The maximum absolute atomic E-state index is 13.1. The van der Waals surface area contributed by atoms with E-state index in [2.05, 4.69) is 10.6 Å². The van der Waals surface area contributed by atoms with Gasteiger partial charge < -0.3 is 20.3 Å². The number of nitrogens with one attached hydrogen (secondary N) is 2. The number of benzene rings is 1. The molecule has 2 aliphatic rings. The van der Waals surface area contributed by atoms with Gasteiger partial charge in [0.2, 0.25) is 0 Å². The molecule has 1 aromatic rings. The number of carbonyl (C=O) groups excluding carboxylic acids is 2. The third kappa shape index (κ3) is 4.92. The molecule has 0 spiro atoms. The fourth-order valence-corrected chi connectivity index (χ4v) is 3.39. The number of amides is 3. The van der Waals surface area contributed by atoms with Gasteiger partial charge in [-0.05, 0) is 49.8 Å². The third-order valence-corrected chi connectivity index (χ3v) is 4.67. The summed E-state index contributed by atoms with van der Waals surface area (Å²) in [7, 11) is 0. The summed E-state index contributed by atoms with van der Waals surface area (Å²) in [5, 5.41) is 5.42. The van der Waals surface area contributed by atoms with Gasteiger partial charge >= 0.3 is 6.03 Å². The van der Waals surface area contributed by atoms with Crippen molar-refractivity contribution in [2.24, 2.45) is 5.92 Å². The largest absolute Gasteiger partial charge is 0.368 e. The lowest BCUT2D eigenvalue weighted by Crippen LogP contribution is -2.47. The average molecular weight is 349 g/mol. The van der Waals surface area contributed by atoms with Crippen molar-refractivity contribution in [3.8, 4) is 0 Å². The Hall–Kier alpha value is -2.15. The van der Waals surface area contributed by atoms with Crippen LogP contribution in [0.4, 0.5) is 14.9 Å². The van der Waals surface area contributed by atoms with Crippen LogP contribution in [-0.4, -0.2) is 49.2 Å². The molecule has 2 aliphatic heterocycles. The SMILES string of the molecule is O=C(NCC1CCCN(C(=O)C2CCCO2)C1)Nc1cccc(F)c1. The molecular formula is C18H24FN3O3. The summed E-state index contributed by atoms with van der Waals surface area (Å²) >= 11 is 0.